The minimum Gasteiger partial charge on any atom is -0.459 e. The topological polar surface area (TPSA) is 97.4 Å². The van der Waals surface area contributed by atoms with Gasteiger partial charge in [0.25, 0.3) is 5.91 Å². The van der Waals surface area contributed by atoms with Crippen LogP contribution in [0.4, 0.5) is 0 Å². The number of hydrogen-bond donors (Lipinski definition) is 3. The molecule has 0 aliphatic heterocycles. The standard InChI is InChI=1S/C13H21N3O3.ClH/c1-3-9(2)11(14)13(18)16-7-6-15-12(17)10-5-4-8-19-10;/h4-5,8-9,11H,3,6-7,14H2,1-2H3,(H,15,17)(H,16,18);1H. The van der Waals surface area contributed by atoms with Gasteiger partial charge in [0.1, 0.15) is 0 Å². The van der Waals surface area contributed by atoms with Gasteiger partial charge in [-0.15, -0.1) is 12.4 Å². The lowest BCUT2D eigenvalue weighted by molar-refractivity contribution is -0.123. The van der Waals surface area contributed by atoms with Gasteiger partial charge in [-0.25, -0.2) is 0 Å². The van der Waals surface area contributed by atoms with Crippen LogP contribution in [0.25, 0.3) is 0 Å². The highest BCUT2D eigenvalue weighted by molar-refractivity contribution is 5.91. The molecule has 1 aromatic heterocycles. The smallest absolute Gasteiger partial charge is 0.287 e. The minimum absolute atomic E-state index is 0. The van der Waals surface area contributed by atoms with Crippen molar-refractivity contribution in [2.24, 2.45) is 11.7 Å². The van der Waals surface area contributed by atoms with Crippen molar-refractivity contribution in [3.63, 3.8) is 0 Å². The molecule has 1 aromatic rings. The Morgan fingerprint density at radius 1 is 1.35 bits per heavy atom. The highest BCUT2D eigenvalue weighted by atomic mass is 35.5. The Morgan fingerprint density at radius 2 is 2.00 bits per heavy atom. The van der Waals surface area contributed by atoms with E-state index in [4.69, 9.17) is 10.2 Å². The van der Waals surface area contributed by atoms with E-state index >= 15 is 0 Å². The van der Waals surface area contributed by atoms with Crippen LogP contribution in [0.5, 0.6) is 0 Å². The summed E-state index contributed by atoms with van der Waals surface area (Å²) in [5.74, 6) is -0.104. The van der Waals surface area contributed by atoms with Crippen molar-refractivity contribution >= 4 is 24.2 Å². The molecule has 2 amide bonds. The zero-order valence-electron chi connectivity index (χ0n) is 11.7. The summed E-state index contributed by atoms with van der Waals surface area (Å²) >= 11 is 0. The second-order valence-corrected chi connectivity index (χ2v) is 4.44. The average Bonchev–Trinajstić information content (AvgIpc) is 2.95. The second-order valence-electron chi connectivity index (χ2n) is 4.44. The molecule has 2 atom stereocenters. The molecule has 4 N–H and O–H groups in total. The molecule has 0 radical (unpaired) electrons. The molecule has 0 aromatic carbocycles. The summed E-state index contributed by atoms with van der Waals surface area (Å²) in [5, 5.41) is 5.32. The van der Waals surface area contributed by atoms with Gasteiger partial charge in [0.2, 0.25) is 5.91 Å². The average molecular weight is 304 g/mol. The number of carbonyl (C=O) groups is 2. The normalized spacial score (nSPS) is 12.9. The molecule has 0 spiro atoms. The van der Waals surface area contributed by atoms with E-state index in [0.29, 0.717) is 13.1 Å². The molecule has 2 unspecified atom stereocenters. The first-order valence-electron chi connectivity index (χ1n) is 6.41. The number of halogens is 1. The van der Waals surface area contributed by atoms with Crippen molar-refractivity contribution in [1.82, 2.24) is 10.6 Å². The molecular weight excluding hydrogens is 282 g/mol. The Bertz CT molecular complexity index is 409. The van der Waals surface area contributed by atoms with Crippen LogP contribution < -0.4 is 16.4 Å². The highest BCUT2D eigenvalue weighted by Gasteiger charge is 2.18. The Kier molecular flexibility index (Phi) is 8.67. The van der Waals surface area contributed by atoms with Gasteiger partial charge >= 0.3 is 0 Å². The molecule has 1 rings (SSSR count). The maximum Gasteiger partial charge on any atom is 0.287 e. The largest absolute Gasteiger partial charge is 0.459 e. The third kappa shape index (κ3) is 5.63. The third-order valence-electron chi connectivity index (χ3n) is 3.01. The summed E-state index contributed by atoms with van der Waals surface area (Å²) in [6.07, 6.45) is 2.28. The van der Waals surface area contributed by atoms with Crippen LogP contribution >= 0.6 is 12.4 Å². The van der Waals surface area contributed by atoms with Gasteiger partial charge in [0, 0.05) is 13.1 Å². The number of nitrogens with one attached hydrogen (secondary N) is 2. The van der Waals surface area contributed by atoms with Crippen LogP contribution in [0.15, 0.2) is 22.8 Å². The maximum absolute atomic E-state index is 11.6. The Morgan fingerprint density at radius 3 is 2.55 bits per heavy atom. The Labute approximate surface area is 124 Å². The summed E-state index contributed by atoms with van der Waals surface area (Å²) in [4.78, 5) is 23.1. The predicted octanol–water partition coefficient (Wildman–Crippen LogP) is 0.921. The van der Waals surface area contributed by atoms with E-state index in [2.05, 4.69) is 10.6 Å². The van der Waals surface area contributed by atoms with Crippen LogP contribution in [0.2, 0.25) is 0 Å². The monoisotopic (exact) mass is 303 g/mol. The van der Waals surface area contributed by atoms with Gasteiger partial charge in [0.05, 0.1) is 12.3 Å². The number of nitrogens with two attached hydrogens (primary N) is 1. The molecule has 7 heteroatoms. The van der Waals surface area contributed by atoms with Crippen molar-refractivity contribution < 1.29 is 14.0 Å². The maximum atomic E-state index is 11.6. The van der Waals surface area contributed by atoms with Gasteiger partial charge in [-0.1, -0.05) is 20.3 Å². The van der Waals surface area contributed by atoms with E-state index in [1.165, 1.54) is 6.26 Å². The van der Waals surface area contributed by atoms with Crippen molar-refractivity contribution in [3.8, 4) is 0 Å². The third-order valence-corrected chi connectivity index (χ3v) is 3.01. The van der Waals surface area contributed by atoms with Crippen LogP contribution in [0.3, 0.4) is 0 Å². The van der Waals surface area contributed by atoms with E-state index in [9.17, 15) is 9.59 Å². The molecular formula is C13H22ClN3O3. The van der Waals surface area contributed by atoms with E-state index in [1.807, 2.05) is 13.8 Å². The highest BCUT2D eigenvalue weighted by Crippen LogP contribution is 2.04. The molecule has 0 saturated carbocycles. The minimum atomic E-state index is -0.509. The zero-order valence-corrected chi connectivity index (χ0v) is 12.5. The summed E-state index contributed by atoms with van der Waals surface area (Å²) in [5.41, 5.74) is 5.78. The molecule has 1 heterocycles. The molecule has 114 valence electrons. The quantitative estimate of drug-likeness (QED) is 0.652. The van der Waals surface area contributed by atoms with E-state index < -0.39 is 6.04 Å². The van der Waals surface area contributed by atoms with Gasteiger partial charge in [-0.3, -0.25) is 9.59 Å². The summed E-state index contributed by atoms with van der Waals surface area (Å²) < 4.78 is 4.94. The van der Waals surface area contributed by atoms with Crippen LogP contribution in [-0.4, -0.2) is 30.9 Å². The molecule has 0 bridgehead atoms. The molecule has 20 heavy (non-hydrogen) atoms. The fourth-order valence-corrected chi connectivity index (χ4v) is 1.49. The van der Waals surface area contributed by atoms with Crippen LogP contribution in [0.1, 0.15) is 30.8 Å². The lowest BCUT2D eigenvalue weighted by Gasteiger charge is -2.17. The first-order valence-corrected chi connectivity index (χ1v) is 6.41. The zero-order chi connectivity index (χ0) is 14.3. The Balaban J connectivity index is 0.00000361. The number of furan rings is 1. The number of rotatable bonds is 7. The van der Waals surface area contributed by atoms with Gasteiger partial charge in [-0.2, -0.15) is 0 Å². The number of amides is 2. The van der Waals surface area contributed by atoms with Gasteiger partial charge in [-0.05, 0) is 18.1 Å². The van der Waals surface area contributed by atoms with E-state index in [1.54, 1.807) is 12.1 Å². The van der Waals surface area contributed by atoms with Crippen molar-refractivity contribution in [3.05, 3.63) is 24.2 Å². The fourth-order valence-electron chi connectivity index (χ4n) is 1.49. The van der Waals surface area contributed by atoms with Gasteiger partial charge < -0.3 is 20.8 Å². The molecule has 0 saturated heterocycles. The lowest BCUT2D eigenvalue weighted by atomic mass is 9.99. The van der Waals surface area contributed by atoms with Crippen molar-refractivity contribution in [2.45, 2.75) is 26.3 Å². The van der Waals surface area contributed by atoms with E-state index in [-0.39, 0.29) is 35.9 Å². The van der Waals surface area contributed by atoms with E-state index in [0.717, 1.165) is 6.42 Å². The lowest BCUT2D eigenvalue weighted by Crippen LogP contribution is -2.46. The first-order chi connectivity index (χ1) is 9.06. The molecule has 0 aliphatic rings. The molecule has 6 nitrogen and oxygen atoms in total. The van der Waals surface area contributed by atoms with Crippen molar-refractivity contribution in [1.29, 1.82) is 0 Å². The summed E-state index contributed by atoms with van der Waals surface area (Å²) in [6.45, 7) is 4.60. The van der Waals surface area contributed by atoms with Gasteiger partial charge in [0.15, 0.2) is 5.76 Å². The molecule has 0 aliphatic carbocycles. The number of carbonyl (C=O) groups excluding carboxylic acids is 2. The van der Waals surface area contributed by atoms with Crippen LogP contribution in [0, 0.1) is 5.92 Å². The summed E-state index contributed by atoms with van der Waals surface area (Å²) in [6, 6.07) is 2.71. The summed E-state index contributed by atoms with van der Waals surface area (Å²) in [7, 11) is 0. The SMILES string of the molecule is CCC(C)C(N)C(=O)NCCNC(=O)c1ccco1.Cl. The predicted molar refractivity (Wildman–Crippen MR) is 78.7 cm³/mol. The van der Waals surface area contributed by atoms with Crippen molar-refractivity contribution in [2.75, 3.05) is 13.1 Å². The number of hydrogen-bond acceptors (Lipinski definition) is 4. The Hall–Kier alpha value is -1.53. The molecule has 0 fully saturated rings. The first kappa shape index (κ1) is 18.5. The van der Waals surface area contributed by atoms with Crippen LogP contribution in [-0.2, 0) is 4.79 Å². The second kappa shape index (κ2) is 9.39. The fraction of sp³-hybridized carbons (Fsp3) is 0.538.